The predicted molar refractivity (Wildman–Crippen MR) is 78.1 cm³/mol. The molecule has 3 N–H and O–H groups in total. The lowest BCUT2D eigenvalue weighted by molar-refractivity contribution is 0.190. The molecule has 1 aromatic carbocycles. The van der Waals surface area contributed by atoms with Crippen molar-refractivity contribution in [2.45, 2.75) is 25.3 Å². The Labute approximate surface area is 119 Å². The Hall–Kier alpha value is -2.06. The van der Waals surface area contributed by atoms with E-state index in [2.05, 4.69) is 11.4 Å². The van der Waals surface area contributed by atoms with Crippen molar-refractivity contribution in [2.75, 3.05) is 18.9 Å². The number of nitrogens with zero attached hydrogens (tertiary/aromatic N) is 2. The Morgan fingerprint density at radius 2 is 2.15 bits per heavy atom. The number of carbonyl (C=O) groups is 1. The molecule has 1 aliphatic carbocycles. The Morgan fingerprint density at radius 1 is 1.45 bits per heavy atom. The van der Waals surface area contributed by atoms with Crippen LogP contribution in [0.15, 0.2) is 24.3 Å². The van der Waals surface area contributed by atoms with Crippen LogP contribution in [0.1, 0.15) is 24.8 Å². The van der Waals surface area contributed by atoms with Crippen LogP contribution in [0.3, 0.4) is 0 Å². The van der Waals surface area contributed by atoms with Crippen molar-refractivity contribution in [3.8, 4) is 6.07 Å². The number of rotatable bonds is 3. The predicted octanol–water partition coefficient (Wildman–Crippen LogP) is 2.15. The molecule has 0 bridgehead atoms. The van der Waals surface area contributed by atoms with Crippen LogP contribution in [0.25, 0.3) is 0 Å². The van der Waals surface area contributed by atoms with Crippen molar-refractivity contribution in [2.24, 2.45) is 11.7 Å². The standard InChI is InChI=1S/C15H20N4O/c1-19(14-4-2-3-12(14)10-17)15(20)18-13-7-5-11(9-16)6-8-13/h5-8,12,14H,2-4,10,17H2,1H3,(H,18,20). The van der Waals surface area contributed by atoms with Gasteiger partial charge in [-0.3, -0.25) is 0 Å². The summed E-state index contributed by atoms with van der Waals surface area (Å²) in [5.74, 6) is 0.395. The van der Waals surface area contributed by atoms with E-state index in [1.54, 1.807) is 29.2 Å². The molecule has 0 heterocycles. The van der Waals surface area contributed by atoms with Crippen LogP contribution in [0, 0.1) is 17.2 Å². The summed E-state index contributed by atoms with van der Waals surface area (Å²) in [6.45, 7) is 0.624. The number of benzene rings is 1. The lowest BCUT2D eigenvalue weighted by Gasteiger charge is -2.29. The maximum Gasteiger partial charge on any atom is 0.321 e. The van der Waals surface area contributed by atoms with E-state index in [9.17, 15) is 4.79 Å². The quantitative estimate of drug-likeness (QED) is 0.884. The summed E-state index contributed by atoms with van der Waals surface area (Å²) in [6.07, 6.45) is 3.23. The highest BCUT2D eigenvalue weighted by molar-refractivity contribution is 5.89. The number of carbonyl (C=O) groups excluding carboxylic acids is 1. The second-order valence-corrected chi connectivity index (χ2v) is 5.22. The van der Waals surface area contributed by atoms with Crippen molar-refractivity contribution in [3.05, 3.63) is 29.8 Å². The molecule has 0 spiro atoms. The zero-order valence-corrected chi connectivity index (χ0v) is 11.7. The van der Waals surface area contributed by atoms with Gasteiger partial charge in [0.15, 0.2) is 0 Å². The number of anilines is 1. The average molecular weight is 272 g/mol. The third-order valence-corrected chi connectivity index (χ3v) is 4.00. The van der Waals surface area contributed by atoms with Gasteiger partial charge in [-0.1, -0.05) is 6.42 Å². The number of amides is 2. The topological polar surface area (TPSA) is 82.2 Å². The number of nitrogens with one attached hydrogen (secondary N) is 1. The fourth-order valence-electron chi connectivity index (χ4n) is 2.79. The second kappa shape index (κ2) is 6.40. The molecule has 1 aliphatic rings. The van der Waals surface area contributed by atoms with Crippen LogP contribution in [0.4, 0.5) is 10.5 Å². The lowest BCUT2D eigenvalue weighted by Crippen LogP contribution is -2.43. The van der Waals surface area contributed by atoms with Gasteiger partial charge >= 0.3 is 6.03 Å². The lowest BCUT2D eigenvalue weighted by atomic mass is 10.0. The number of urea groups is 1. The summed E-state index contributed by atoms with van der Waals surface area (Å²) in [6, 6.07) is 8.99. The molecule has 1 fully saturated rings. The first-order chi connectivity index (χ1) is 9.65. The third-order valence-electron chi connectivity index (χ3n) is 4.00. The molecule has 0 aliphatic heterocycles. The molecule has 2 unspecified atom stereocenters. The average Bonchev–Trinajstić information content (AvgIpc) is 2.95. The fourth-order valence-corrected chi connectivity index (χ4v) is 2.79. The Kier molecular flexibility index (Phi) is 4.59. The van der Waals surface area contributed by atoms with Crippen LogP contribution in [-0.2, 0) is 0 Å². The third kappa shape index (κ3) is 3.09. The Bertz CT molecular complexity index is 506. The molecule has 1 saturated carbocycles. The smallest absolute Gasteiger partial charge is 0.321 e. The first kappa shape index (κ1) is 14.4. The zero-order valence-electron chi connectivity index (χ0n) is 11.7. The normalized spacial score (nSPS) is 21.2. The minimum Gasteiger partial charge on any atom is -0.330 e. The fraction of sp³-hybridized carbons (Fsp3) is 0.467. The van der Waals surface area contributed by atoms with Crippen LogP contribution >= 0.6 is 0 Å². The van der Waals surface area contributed by atoms with Gasteiger partial charge in [-0.05, 0) is 49.6 Å². The Morgan fingerprint density at radius 3 is 2.75 bits per heavy atom. The van der Waals surface area contributed by atoms with E-state index in [4.69, 9.17) is 11.0 Å². The number of hydrogen-bond donors (Lipinski definition) is 2. The highest BCUT2D eigenvalue weighted by atomic mass is 16.2. The molecular formula is C15H20N4O. The monoisotopic (exact) mass is 272 g/mol. The molecular weight excluding hydrogens is 252 g/mol. The minimum absolute atomic E-state index is 0.125. The zero-order chi connectivity index (χ0) is 14.5. The van der Waals surface area contributed by atoms with Gasteiger partial charge in [0.05, 0.1) is 11.6 Å². The van der Waals surface area contributed by atoms with Crippen molar-refractivity contribution in [1.29, 1.82) is 5.26 Å². The summed E-state index contributed by atoms with van der Waals surface area (Å²) < 4.78 is 0. The van der Waals surface area contributed by atoms with E-state index in [0.717, 1.165) is 19.3 Å². The Balaban J connectivity index is 1.98. The van der Waals surface area contributed by atoms with Gasteiger partial charge in [0.25, 0.3) is 0 Å². The number of hydrogen-bond acceptors (Lipinski definition) is 3. The molecule has 2 amide bonds. The first-order valence-electron chi connectivity index (χ1n) is 6.89. The minimum atomic E-state index is -0.125. The summed E-state index contributed by atoms with van der Waals surface area (Å²) in [5.41, 5.74) is 7.03. The van der Waals surface area contributed by atoms with Crippen molar-refractivity contribution in [1.82, 2.24) is 4.90 Å². The van der Waals surface area contributed by atoms with E-state index in [1.807, 2.05) is 7.05 Å². The van der Waals surface area contributed by atoms with Crippen LogP contribution < -0.4 is 11.1 Å². The first-order valence-corrected chi connectivity index (χ1v) is 6.89. The van der Waals surface area contributed by atoms with Crippen molar-refractivity contribution >= 4 is 11.7 Å². The van der Waals surface area contributed by atoms with E-state index in [-0.39, 0.29) is 12.1 Å². The summed E-state index contributed by atoms with van der Waals surface area (Å²) in [7, 11) is 1.82. The van der Waals surface area contributed by atoms with Gasteiger partial charge in [-0.15, -0.1) is 0 Å². The highest BCUT2D eigenvalue weighted by Gasteiger charge is 2.31. The molecule has 5 nitrogen and oxygen atoms in total. The van der Waals surface area contributed by atoms with Gasteiger partial charge in [-0.2, -0.15) is 5.26 Å². The maximum absolute atomic E-state index is 12.2. The summed E-state index contributed by atoms with van der Waals surface area (Å²) in [4.78, 5) is 14.0. The van der Waals surface area contributed by atoms with E-state index in [1.165, 1.54) is 0 Å². The van der Waals surface area contributed by atoms with Gasteiger partial charge in [0.2, 0.25) is 0 Å². The molecule has 0 aromatic heterocycles. The molecule has 5 heteroatoms. The molecule has 1 aromatic rings. The molecule has 0 radical (unpaired) electrons. The molecule has 106 valence electrons. The van der Waals surface area contributed by atoms with E-state index < -0.39 is 0 Å². The second-order valence-electron chi connectivity index (χ2n) is 5.22. The van der Waals surface area contributed by atoms with Crippen LogP contribution in [0.2, 0.25) is 0 Å². The number of nitriles is 1. The van der Waals surface area contributed by atoms with Crippen LogP contribution in [0.5, 0.6) is 0 Å². The molecule has 2 rings (SSSR count). The van der Waals surface area contributed by atoms with E-state index >= 15 is 0 Å². The van der Waals surface area contributed by atoms with Crippen LogP contribution in [-0.4, -0.2) is 30.6 Å². The van der Waals surface area contributed by atoms with E-state index in [0.29, 0.717) is 23.7 Å². The van der Waals surface area contributed by atoms with Gasteiger partial charge in [0, 0.05) is 18.8 Å². The number of nitrogens with two attached hydrogens (primary N) is 1. The molecule has 20 heavy (non-hydrogen) atoms. The highest BCUT2D eigenvalue weighted by Crippen LogP contribution is 2.28. The molecule has 2 atom stereocenters. The largest absolute Gasteiger partial charge is 0.330 e. The van der Waals surface area contributed by atoms with Crippen molar-refractivity contribution in [3.63, 3.8) is 0 Å². The summed E-state index contributed by atoms with van der Waals surface area (Å²) in [5, 5.41) is 11.6. The van der Waals surface area contributed by atoms with Gasteiger partial charge in [0.1, 0.15) is 0 Å². The van der Waals surface area contributed by atoms with Gasteiger partial charge < -0.3 is 16.0 Å². The van der Waals surface area contributed by atoms with Gasteiger partial charge in [-0.25, -0.2) is 4.79 Å². The maximum atomic E-state index is 12.2. The molecule has 0 saturated heterocycles. The summed E-state index contributed by atoms with van der Waals surface area (Å²) >= 11 is 0. The van der Waals surface area contributed by atoms with Crippen molar-refractivity contribution < 1.29 is 4.79 Å². The SMILES string of the molecule is CN(C(=O)Nc1ccc(C#N)cc1)C1CCCC1CN.